The lowest BCUT2D eigenvalue weighted by Crippen LogP contribution is -2.38. The average Bonchev–Trinajstić information content (AvgIpc) is 3.19. The van der Waals surface area contributed by atoms with Crippen LogP contribution in [0.15, 0.2) is 30.3 Å². The highest BCUT2D eigenvalue weighted by molar-refractivity contribution is 5.85. The van der Waals surface area contributed by atoms with E-state index in [1.807, 2.05) is 35.8 Å². The van der Waals surface area contributed by atoms with Gasteiger partial charge in [-0.1, -0.05) is 24.6 Å². The Morgan fingerprint density at radius 2 is 2.12 bits per heavy atom. The zero-order chi connectivity index (χ0) is 16.9. The Bertz CT molecular complexity index is 825. The number of aryl methyl sites for hydroxylation is 1. The molecule has 0 bridgehead atoms. The monoisotopic (exact) mass is 326 g/mol. The molecule has 1 aromatic carbocycles. The predicted molar refractivity (Wildman–Crippen MR) is 90.7 cm³/mol. The van der Waals surface area contributed by atoms with Crippen LogP contribution in [0.4, 0.5) is 0 Å². The molecular formula is C19H22N2O3. The largest absolute Gasteiger partial charge is 0.481 e. The number of fused-ring (bicyclic) bond motifs is 2. The van der Waals surface area contributed by atoms with Crippen molar-refractivity contribution < 1.29 is 14.7 Å². The molecule has 2 atom stereocenters. The second-order valence-corrected chi connectivity index (χ2v) is 7.26. The molecule has 0 unspecified atom stereocenters. The molecule has 1 saturated carbocycles. The molecule has 2 aromatic rings. The number of hydrogen-bond acceptors (Lipinski definition) is 2. The summed E-state index contributed by atoms with van der Waals surface area (Å²) in [6, 6.07) is 10.1. The lowest BCUT2D eigenvalue weighted by Gasteiger charge is -2.23. The summed E-state index contributed by atoms with van der Waals surface area (Å²) in [6.45, 7) is 3.24. The van der Waals surface area contributed by atoms with Gasteiger partial charge in [0.05, 0.1) is 5.41 Å². The van der Waals surface area contributed by atoms with E-state index in [1.54, 1.807) is 4.90 Å². The van der Waals surface area contributed by atoms with Crippen molar-refractivity contribution in [1.82, 2.24) is 9.47 Å². The molecule has 1 amide bonds. The van der Waals surface area contributed by atoms with E-state index in [0.29, 0.717) is 19.5 Å². The molecule has 1 N–H and O–H groups in total. The Kier molecular flexibility index (Phi) is 3.41. The van der Waals surface area contributed by atoms with Gasteiger partial charge in [-0.2, -0.15) is 0 Å². The van der Waals surface area contributed by atoms with Crippen molar-refractivity contribution in [3.05, 3.63) is 36.0 Å². The number of carboxylic acid groups (broad SMARTS) is 1. The predicted octanol–water partition coefficient (Wildman–Crippen LogP) is 2.66. The average molecular weight is 326 g/mol. The minimum atomic E-state index is -0.733. The zero-order valence-electron chi connectivity index (χ0n) is 13.9. The van der Waals surface area contributed by atoms with Gasteiger partial charge in [-0.25, -0.2) is 0 Å². The SMILES string of the molecule is Cc1cc2ccccc2n1CC(=O)N1C[C@@H]2CCC[C@@]2(C(=O)O)C1. The number of likely N-dealkylation sites (tertiary alicyclic amines) is 1. The van der Waals surface area contributed by atoms with E-state index in [0.717, 1.165) is 29.4 Å². The number of carboxylic acids is 1. The maximum atomic E-state index is 12.8. The number of aliphatic carboxylic acids is 1. The molecular weight excluding hydrogens is 304 g/mol. The molecule has 5 nitrogen and oxygen atoms in total. The normalized spacial score (nSPS) is 26.0. The van der Waals surface area contributed by atoms with Gasteiger partial charge in [0.15, 0.2) is 0 Å². The van der Waals surface area contributed by atoms with Crippen molar-refractivity contribution in [1.29, 1.82) is 0 Å². The molecule has 2 fully saturated rings. The van der Waals surface area contributed by atoms with Gasteiger partial charge in [0, 0.05) is 24.3 Å². The van der Waals surface area contributed by atoms with Gasteiger partial charge in [0.2, 0.25) is 5.91 Å². The first kappa shape index (κ1) is 15.2. The quantitative estimate of drug-likeness (QED) is 0.943. The van der Waals surface area contributed by atoms with Gasteiger partial charge < -0.3 is 14.6 Å². The van der Waals surface area contributed by atoms with Crippen molar-refractivity contribution in [2.45, 2.75) is 32.7 Å². The maximum absolute atomic E-state index is 12.8. The van der Waals surface area contributed by atoms with Crippen LogP contribution in [0.25, 0.3) is 10.9 Å². The Morgan fingerprint density at radius 3 is 2.88 bits per heavy atom. The fourth-order valence-corrected chi connectivity index (χ4v) is 4.62. The van der Waals surface area contributed by atoms with Gasteiger partial charge in [0.25, 0.3) is 0 Å². The van der Waals surface area contributed by atoms with Crippen molar-refractivity contribution in [3.63, 3.8) is 0 Å². The number of nitrogens with zero attached hydrogens (tertiary/aromatic N) is 2. The fraction of sp³-hybridized carbons (Fsp3) is 0.474. The van der Waals surface area contributed by atoms with Crippen molar-refractivity contribution >= 4 is 22.8 Å². The van der Waals surface area contributed by atoms with Gasteiger partial charge >= 0.3 is 5.97 Å². The smallest absolute Gasteiger partial charge is 0.311 e. The number of hydrogen-bond donors (Lipinski definition) is 1. The fourth-order valence-electron chi connectivity index (χ4n) is 4.62. The molecule has 5 heteroatoms. The second kappa shape index (κ2) is 5.36. The second-order valence-electron chi connectivity index (χ2n) is 7.26. The molecule has 24 heavy (non-hydrogen) atoms. The lowest BCUT2D eigenvalue weighted by molar-refractivity contribution is -0.149. The molecule has 1 aliphatic heterocycles. The summed E-state index contributed by atoms with van der Waals surface area (Å²) in [5.74, 6) is -0.598. The van der Waals surface area contributed by atoms with E-state index in [-0.39, 0.29) is 18.4 Å². The number of aromatic nitrogens is 1. The van der Waals surface area contributed by atoms with E-state index < -0.39 is 11.4 Å². The van der Waals surface area contributed by atoms with Crippen molar-refractivity contribution in [2.24, 2.45) is 11.3 Å². The highest BCUT2D eigenvalue weighted by atomic mass is 16.4. The number of benzene rings is 1. The van der Waals surface area contributed by atoms with Crippen LogP contribution in [0.1, 0.15) is 25.0 Å². The third-order valence-electron chi connectivity index (χ3n) is 5.96. The summed E-state index contributed by atoms with van der Waals surface area (Å²) < 4.78 is 2.03. The summed E-state index contributed by atoms with van der Waals surface area (Å²) in [6.07, 6.45) is 2.57. The Balaban J connectivity index is 1.57. The summed E-state index contributed by atoms with van der Waals surface area (Å²) in [5, 5.41) is 10.8. The van der Waals surface area contributed by atoms with Crippen LogP contribution in [0.2, 0.25) is 0 Å². The number of para-hydroxylation sites is 1. The van der Waals surface area contributed by atoms with Gasteiger partial charge in [-0.05, 0) is 43.2 Å². The summed E-state index contributed by atoms with van der Waals surface area (Å²) in [4.78, 5) is 26.4. The lowest BCUT2D eigenvalue weighted by atomic mass is 9.81. The number of carbonyl (C=O) groups is 2. The first-order valence-electron chi connectivity index (χ1n) is 8.57. The summed E-state index contributed by atoms with van der Waals surface area (Å²) in [5.41, 5.74) is 1.40. The highest BCUT2D eigenvalue weighted by Crippen LogP contribution is 2.48. The molecule has 0 radical (unpaired) electrons. The van der Waals surface area contributed by atoms with Crippen LogP contribution in [-0.2, 0) is 16.1 Å². The van der Waals surface area contributed by atoms with Crippen LogP contribution in [0.5, 0.6) is 0 Å². The topological polar surface area (TPSA) is 62.5 Å². The van der Waals surface area contributed by atoms with E-state index in [1.165, 1.54) is 0 Å². The molecule has 0 spiro atoms. The highest BCUT2D eigenvalue weighted by Gasteiger charge is 2.55. The molecule has 4 rings (SSSR count). The molecule has 2 aliphatic rings. The number of carbonyl (C=O) groups excluding carboxylic acids is 1. The number of rotatable bonds is 3. The minimum absolute atomic E-state index is 0.0227. The van der Waals surface area contributed by atoms with Crippen molar-refractivity contribution in [3.8, 4) is 0 Å². The molecule has 1 saturated heterocycles. The third kappa shape index (κ3) is 2.14. The Morgan fingerprint density at radius 1 is 1.33 bits per heavy atom. The number of amides is 1. The van der Waals surface area contributed by atoms with Crippen LogP contribution in [0.3, 0.4) is 0 Å². The molecule has 2 heterocycles. The Hall–Kier alpha value is -2.30. The summed E-state index contributed by atoms with van der Waals surface area (Å²) in [7, 11) is 0. The van der Waals surface area contributed by atoms with Crippen LogP contribution < -0.4 is 0 Å². The molecule has 126 valence electrons. The molecule has 1 aliphatic carbocycles. The van der Waals surface area contributed by atoms with Crippen LogP contribution in [-0.4, -0.2) is 39.5 Å². The van der Waals surface area contributed by atoms with E-state index in [2.05, 4.69) is 6.07 Å². The van der Waals surface area contributed by atoms with Crippen LogP contribution >= 0.6 is 0 Å². The van der Waals surface area contributed by atoms with Crippen molar-refractivity contribution in [2.75, 3.05) is 13.1 Å². The van der Waals surface area contributed by atoms with Gasteiger partial charge in [-0.15, -0.1) is 0 Å². The van der Waals surface area contributed by atoms with Crippen LogP contribution in [0, 0.1) is 18.3 Å². The maximum Gasteiger partial charge on any atom is 0.311 e. The zero-order valence-corrected chi connectivity index (χ0v) is 13.9. The van der Waals surface area contributed by atoms with E-state index in [9.17, 15) is 14.7 Å². The summed E-state index contributed by atoms with van der Waals surface area (Å²) >= 11 is 0. The van der Waals surface area contributed by atoms with Gasteiger partial charge in [-0.3, -0.25) is 9.59 Å². The Labute approximate surface area is 140 Å². The van der Waals surface area contributed by atoms with E-state index >= 15 is 0 Å². The van der Waals surface area contributed by atoms with Gasteiger partial charge in [0.1, 0.15) is 6.54 Å². The molecule has 1 aromatic heterocycles. The third-order valence-corrected chi connectivity index (χ3v) is 5.96. The minimum Gasteiger partial charge on any atom is -0.481 e. The standard InChI is InChI=1S/C19H22N2O3/c1-13-9-14-5-2-3-7-16(14)21(13)11-17(22)20-10-15-6-4-8-19(15,12-20)18(23)24/h2-3,5,7,9,15H,4,6,8,10-12H2,1H3,(H,23,24)/t15-,19+/m0/s1. The van der Waals surface area contributed by atoms with E-state index in [4.69, 9.17) is 0 Å². The first-order chi connectivity index (χ1) is 11.5. The first-order valence-corrected chi connectivity index (χ1v) is 8.57.